The lowest BCUT2D eigenvalue weighted by Crippen LogP contribution is -2.36. The van der Waals surface area contributed by atoms with Crippen LogP contribution in [0.3, 0.4) is 0 Å². The molecule has 0 fully saturated rings. The minimum absolute atomic E-state index is 0.177. The lowest BCUT2D eigenvalue weighted by Gasteiger charge is -2.06. The number of rotatable bonds is 5. The first-order valence-corrected chi connectivity index (χ1v) is 6.08. The summed E-state index contributed by atoms with van der Waals surface area (Å²) in [7, 11) is 0. The van der Waals surface area contributed by atoms with Crippen LogP contribution in [0.5, 0.6) is 0 Å². The Labute approximate surface area is 118 Å². The average Bonchev–Trinajstić information content (AvgIpc) is 2.98. The van der Waals surface area contributed by atoms with Gasteiger partial charge in [0.1, 0.15) is 17.4 Å². The van der Waals surface area contributed by atoms with Crippen molar-refractivity contribution in [3.63, 3.8) is 0 Å². The zero-order chi connectivity index (χ0) is 15.2. The summed E-state index contributed by atoms with van der Waals surface area (Å²) in [6, 6.07) is 5.88. The van der Waals surface area contributed by atoms with Crippen LogP contribution >= 0.6 is 0 Å². The van der Waals surface area contributed by atoms with Gasteiger partial charge in [-0.25, -0.2) is 8.78 Å². The highest BCUT2D eigenvalue weighted by molar-refractivity contribution is 5.96. The summed E-state index contributed by atoms with van der Waals surface area (Å²) in [6.45, 7) is -0.175. The summed E-state index contributed by atoms with van der Waals surface area (Å²) >= 11 is 0. The van der Waals surface area contributed by atoms with Crippen molar-refractivity contribution in [3.05, 3.63) is 59.6 Å². The lowest BCUT2D eigenvalue weighted by atomic mass is 10.2. The average molecular weight is 294 g/mol. The largest absolute Gasteiger partial charge is 0.467 e. The number of hydrogen-bond acceptors (Lipinski definition) is 3. The Morgan fingerprint density at radius 3 is 2.67 bits per heavy atom. The Morgan fingerprint density at radius 2 is 1.95 bits per heavy atom. The maximum absolute atomic E-state index is 13.3. The molecule has 1 heterocycles. The van der Waals surface area contributed by atoms with Gasteiger partial charge in [-0.2, -0.15) is 0 Å². The third kappa shape index (κ3) is 4.13. The Bertz CT molecular complexity index is 642. The number of halogens is 2. The first kappa shape index (κ1) is 14.7. The van der Waals surface area contributed by atoms with Gasteiger partial charge in [0.15, 0.2) is 0 Å². The Kier molecular flexibility index (Phi) is 4.65. The quantitative estimate of drug-likeness (QED) is 0.880. The molecule has 2 aromatic rings. The van der Waals surface area contributed by atoms with Gasteiger partial charge in [-0.1, -0.05) is 0 Å². The Morgan fingerprint density at radius 1 is 1.14 bits per heavy atom. The number of benzene rings is 1. The number of amides is 2. The second kappa shape index (κ2) is 6.65. The molecule has 2 N–H and O–H groups in total. The highest BCUT2D eigenvalue weighted by atomic mass is 19.1. The molecule has 0 unspecified atom stereocenters. The minimum Gasteiger partial charge on any atom is -0.467 e. The zero-order valence-corrected chi connectivity index (χ0v) is 10.9. The number of furan rings is 1. The topological polar surface area (TPSA) is 71.3 Å². The van der Waals surface area contributed by atoms with Gasteiger partial charge >= 0.3 is 0 Å². The summed E-state index contributed by atoms with van der Waals surface area (Å²) in [5, 5.41) is 4.71. The highest BCUT2D eigenvalue weighted by Gasteiger charge is 2.13. The van der Waals surface area contributed by atoms with Gasteiger partial charge in [0.2, 0.25) is 5.91 Å². The van der Waals surface area contributed by atoms with E-state index in [-0.39, 0.29) is 13.1 Å². The monoisotopic (exact) mass is 294 g/mol. The van der Waals surface area contributed by atoms with E-state index < -0.39 is 29.0 Å². The molecule has 21 heavy (non-hydrogen) atoms. The van der Waals surface area contributed by atoms with Gasteiger partial charge in [0, 0.05) is 0 Å². The molecule has 0 saturated carbocycles. The number of carbonyl (C=O) groups excluding carboxylic acids is 2. The van der Waals surface area contributed by atoms with Gasteiger partial charge in [0.25, 0.3) is 5.91 Å². The Hall–Kier alpha value is -2.70. The molecule has 0 aliphatic rings. The normalized spacial score (nSPS) is 10.2. The van der Waals surface area contributed by atoms with Crippen molar-refractivity contribution in [1.82, 2.24) is 10.6 Å². The fourth-order valence-corrected chi connectivity index (χ4v) is 1.59. The molecular formula is C14H12F2N2O3. The van der Waals surface area contributed by atoms with Crippen LogP contribution in [0, 0.1) is 11.6 Å². The summed E-state index contributed by atoms with van der Waals surface area (Å²) in [5.74, 6) is -2.36. The van der Waals surface area contributed by atoms with Crippen molar-refractivity contribution in [2.75, 3.05) is 6.54 Å². The highest BCUT2D eigenvalue weighted by Crippen LogP contribution is 2.09. The molecule has 0 radical (unpaired) electrons. The fourth-order valence-electron chi connectivity index (χ4n) is 1.59. The predicted molar refractivity (Wildman–Crippen MR) is 69.2 cm³/mol. The molecule has 110 valence electrons. The maximum atomic E-state index is 13.3. The van der Waals surface area contributed by atoms with E-state index in [1.54, 1.807) is 12.1 Å². The van der Waals surface area contributed by atoms with Crippen LogP contribution in [-0.4, -0.2) is 18.4 Å². The van der Waals surface area contributed by atoms with Gasteiger partial charge in [-0.3, -0.25) is 9.59 Å². The third-order valence-corrected chi connectivity index (χ3v) is 2.62. The molecule has 2 rings (SSSR count). The van der Waals surface area contributed by atoms with Crippen LogP contribution in [0.1, 0.15) is 16.1 Å². The van der Waals surface area contributed by atoms with Crippen LogP contribution in [0.25, 0.3) is 0 Å². The molecule has 0 spiro atoms. The van der Waals surface area contributed by atoms with E-state index in [0.717, 1.165) is 18.2 Å². The standard InChI is InChI=1S/C14H12F2N2O3/c15-9-3-4-12(16)11(6-9)14(20)18-8-13(19)17-7-10-2-1-5-21-10/h1-6H,7-8H2,(H,17,19)(H,18,20). The van der Waals surface area contributed by atoms with Crippen LogP contribution in [-0.2, 0) is 11.3 Å². The first-order chi connectivity index (χ1) is 10.1. The van der Waals surface area contributed by atoms with E-state index in [9.17, 15) is 18.4 Å². The van der Waals surface area contributed by atoms with E-state index in [1.807, 2.05) is 0 Å². The molecular weight excluding hydrogens is 282 g/mol. The second-order valence-electron chi connectivity index (χ2n) is 4.16. The molecule has 0 atom stereocenters. The van der Waals surface area contributed by atoms with Crippen molar-refractivity contribution in [1.29, 1.82) is 0 Å². The second-order valence-corrected chi connectivity index (χ2v) is 4.16. The van der Waals surface area contributed by atoms with E-state index in [2.05, 4.69) is 10.6 Å². The molecule has 7 heteroatoms. The van der Waals surface area contributed by atoms with Crippen LogP contribution < -0.4 is 10.6 Å². The SMILES string of the molecule is O=C(CNC(=O)c1cc(F)ccc1F)NCc1ccco1. The molecule has 1 aromatic heterocycles. The van der Waals surface area contributed by atoms with Crippen LogP contribution in [0.2, 0.25) is 0 Å². The van der Waals surface area contributed by atoms with Crippen molar-refractivity contribution < 1.29 is 22.8 Å². The summed E-state index contributed by atoms with van der Waals surface area (Å²) in [6.07, 6.45) is 1.47. The van der Waals surface area contributed by atoms with Crippen molar-refractivity contribution in [3.8, 4) is 0 Å². The summed E-state index contributed by atoms with van der Waals surface area (Å²) in [5.41, 5.74) is -0.450. The van der Waals surface area contributed by atoms with Gasteiger partial charge < -0.3 is 15.1 Å². The third-order valence-electron chi connectivity index (χ3n) is 2.62. The number of hydrogen-bond donors (Lipinski definition) is 2. The van der Waals surface area contributed by atoms with Crippen molar-refractivity contribution >= 4 is 11.8 Å². The minimum atomic E-state index is -0.861. The summed E-state index contributed by atoms with van der Waals surface area (Å²) < 4.78 is 31.3. The smallest absolute Gasteiger partial charge is 0.254 e. The lowest BCUT2D eigenvalue weighted by molar-refractivity contribution is -0.120. The number of carbonyl (C=O) groups is 2. The van der Waals surface area contributed by atoms with Crippen molar-refractivity contribution in [2.45, 2.75) is 6.54 Å². The fraction of sp³-hybridized carbons (Fsp3) is 0.143. The van der Waals surface area contributed by atoms with Crippen LogP contribution in [0.4, 0.5) is 8.78 Å². The molecule has 0 saturated heterocycles. The van der Waals surface area contributed by atoms with Crippen molar-refractivity contribution in [2.24, 2.45) is 0 Å². The van der Waals surface area contributed by atoms with E-state index in [1.165, 1.54) is 6.26 Å². The van der Waals surface area contributed by atoms with Gasteiger partial charge in [-0.15, -0.1) is 0 Å². The molecule has 1 aromatic carbocycles. The predicted octanol–water partition coefficient (Wildman–Crippen LogP) is 1.60. The summed E-state index contributed by atoms with van der Waals surface area (Å²) in [4.78, 5) is 23.1. The molecule has 5 nitrogen and oxygen atoms in total. The van der Waals surface area contributed by atoms with E-state index >= 15 is 0 Å². The van der Waals surface area contributed by atoms with Crippen LogP contribution in [0.15, 0.2) is 41.0 Å². The first-order valence-electron chi connectivity index (χ1n) is 6.08. The Balaban J connectivity index is 1.83. The number of nitrogens with one attached hydrogen (secondary N) is 2. The maximum Gasteiger partial charge on any atom is 0.254 e. The molecule has 2 amide bonds. The van der Waals surface area contributed by atoms with Gasteiger partial charge in [0.05, 0.1) is 24.9 Å². The molecule has 0 aliphatic carbocycles. The zero-order valence-electron chi connectivity index (χ0n) is 10.9. The molecule has 0 bridgehead atoms. The van der Waals surface area contributed by atoms with E-state index in [0.29, 0.717) is 5.76 Å². The van der Waals surface area contributed by atoms with Gasteiger partial charge in [-0.05, 0) is 30.3 Å². The molecule has 0 aliphatic heterocycles. The van der Waals surface area contributed by atoms with E-state index in [4.69, 9.17) is 4.42 Å².